The van der Waals surface area contributed by atoms with Gasteiger partial charge in [-0.2, -0.15) is 0 Å². The molecule has 17 heavy (non-hydrogen) atoms. The van der Waals surface area contributed by atoms with Crippen molar-refractivity contribution in [1.29, 1.82) is 0 Å². The molecular weight excluding hydrogens is 212 g/mol. The van der Waals surface area contributed by atoms with E-state index in [9.17, 15) is 4.79 Å². The number of carbonyl (C=O) groups is 1. The van der Waals surface area contributed by atoms with Crippen molar-refractivity contribution in [2.75, 3.05) is 10.6 Å². The Hall–Kier alpha value is -1.77. The Kier molecular flexibility index (Phi) is 3.81. The third kappa shape index (κ3) is 3.63. The van der Waals surface area contributed by atoms with E-state index in [4.69, 9.17) is 0 Å². The molecule has 1 unspecified atom stereocenters. The van der Waals surface area contributed by atoms with Gasteiger partial charge in [-0.1, -0.05) is 12.2 Å². The van der Waals surface area contributed by atoms with Crippen LogP contribution in [0, 0.1) is 0 Å². The minimum atomic E-state index is -0.0408. The van der Waals surface area contributed by atoms with Crippen molar-refractivity contribution in [2.24, 2.45) is 0 Å². The summed E-state index contributed by atoms with van der Waals surface area (Å²) in [6, 6.07) is 8.25. The molecule has 90 valence electrons. The summed E-state index contributed by atoms with van der Waals surface area (Å²) in [5, 5.41) is 6.22. The highest BCUT2D eigenvalue weighted by Gasteiger charge is 2.07. The molecule has 1 aromatic rings. The Morgan fingerprint density at radius 1 is 1.24 bits per heavy atom. The van der Waals surface area contributed by atoms with Gasteiger partial charge in [0.05, 0.1) is 0 Å². The lowest BCUT2D eigenvalue weighted by molar-refractivity contribution is -0.114. The zero-order valence-electron chi connectivity index (χ0n) is 10.1. The van der Waals surface area contributed by atoms with E-state index in [0.29, 0.717) is 6.04 Å². The molecule has 0 bridgehead atoms. The molecule has 0 fully saturated rings. The standard InChI is InChI=1S/C14H18N2O/c1-11(17)15-13-7-9-14(10-8-13)16-12-5-3-2-4-6-12/h3,5,7-10,12,16H,2,4,6H2,1H3,(H,15,17). The first kappa shape index (κ1) is 11.7. The molecule has 1 atom stereocenters. The Labute approximate surface area is 102 Å². The van der Waals surface area contributed by atoms with Crippen LogP contribution in [0.5, 0.6) is 0 Å². The third-order valence-electron chi connectivity index (χ3n) is 2.81. The predicted octanol–water partition coefficient (Wildman–Crippen LogP) is 3.17. The van der Waals surface area contributed by atoms with Crippen LogP contribution in [0.4, 0.5) is 11.4 Å². The quantitative estimate of drug-likeness (QED) is 0.783. The monoisotopic (exact) mass is 230 g/mol. The molecule has 3 nitrogen and oxygen atoms in total. The van der Waals surface area contributed by atoms with Crippen molar-refractivity contribution in [3.05, 3.63) is 36.4 Å². The number of carbonyl (C=O) groups excluding carboxylic acids is 1. The van der Waals surface area contributed by atoms with Gasteiger partial charge in [0.15, 0.2) is 0 Å². The molecule has 0 aliphatic heterocycles. The second-order valence-electron chi connectivity index (χ2n) is 4.37. The van der Waals surface area contributed by atoms with Gasteiger partial charge < -0.3 is 10.6 Å². The molecule has 0 radical (unpaired) electrons. The maximum atomic E-state index is 10.9. The van der Waals surface area contributed by atoms with Crippen molar-refractivity contribution >= 4 is 17.3 Å². The van der Waals surface area contributed by atoms with Crippen molar-refractivity contribution in [2.45, 2.75) is 32.2 Å². The normalized spacial score (nSPS) is 18.8. The zero-order valence-corrected chi connectivity index (χ0v) is 10.1. The summed E-state index contributed by atoms with van der Waals surface area (Å²) < 4.78 is 0. The number of allylic oxidation sites excluding steroid dienone is 1. The number of rotatable bonds is 3. The lowest BCUT2D eigenvalue weighted by atomic mass is 10.0. The van der Waals surface area contributed by atoms with Gasteiger partial charge in [-0.3, -0.25) is 4.79 Å². The van der Waals surface area contributed by atoms with E-state index >= 15 is 0 Å². The average molecular weight is 230 g/mol. The second-order valence-corrected chi connectivity index (χ2v) is 4.37. The average Bonchev–Trinajstić information content (AvgIpc) is 2.32. The summed E-state index contributed by atoms with van der Waals surface area (Å²) in [5.41, 5.74) is 1.93. The lowest BCUT2D eigenvalue weighted by Crippen LogP contribution is -2.18. The van der Waals surface area contributed by atoms with Gasteiger partial charge in [-0.05, 0) is 43.5 Å². The van der Waals surface area contributed by atoms with Gasteiger partial charge in [-0.25, -0.2) is 0 Å². The number of hydrogen-bond acceptors (Lipinski definition) is 2. The fourth-order valence-electron chi connectivity index (χ4n) is 2.00. The van der Waals surface area contributed by atoms with Gasteiger partial charge in [0.25, 0.3) is 0 Å². The third-order valence-corrected chi connectivity index (χ3v) is 2.81. The Balaban J connectivity index is 1.95. The number of hydrogen-bond donors (Lipinski definition) is 2. The van der Waals surface area contributed by atoms with Crippen LogP contribution in [0.25, 0.3) is 0 Å². The first-order valence-corrected chi connectivity index (χ1v) is 6.05. The first-order valence-electron chi connectivity index (χ1n) is 6.05. The van der Waals surface area contributed by atoms with Gasteiger partial charge >= 0.3 is 0 Å². The van der Waals surface area contributed by atoms with Crippen LogP contribution < -0.4 is 10.6 Å². The highest BCUT2D eigenvalue weighted by atomic mass is 16.1. The molecule has 0 saturated carbocycles. The maximum Gasteiger partial charge on any atom is 0.221 e. The van der Waals surface area contributed by atoms with E-state index < -0.39 is 0 Å². The van der Waals surface area contributed by atoms with Crippen molar-refractivity contribution in [3.63, 3.8) is 0 Å². The summed E-state index contributed by atoms with van der Waals surface area (Å²) in [4.78, 5) is 10.9. The van der Waals surface area contributed by atoms with Gasteiger partial charge in [0.2, 0.25) is 5.91 Å². The molecule has 1 aliphatic carbocycles. The van der Waals surface area contributed by atoms with E-state index in [1.807, 2.05) is 24.3 Å². The van der Waals surface area contributed by atoms with Crippen LogP contribution in [0.3, 0.4) is 0 Å². The van der Waals surface area contributed by atoms with E-state index in [1.54, 1.807) is 0 Å². The minimum absolute atomic E-state index is 0.0408. The van der Waals surface area contributed by atoms with Crippen LogP contribution in [0.1, 0.15) is 26.2 Å². The van der Waals surface area contributed by atoms with Crippen LogP contribution in [0.2, 0.25) is 0 Å². The molecule has 0 spiro atoms. The molecule has 2 N–H and O–H groups in total. The van der Waals surface area contributed by atoms with Crippen LogP contribution >= 0.6 is 0 Å². The molecule has 1 aromatic carbocycles. The van der Waals surface area contributed by atoms with Gasteiger partial charge in [0.1, 0.15) is 0 Å². The molecule has 0 saturated heterocycles. The van der Waals surface area contributed by atoms with Crippen LogP contribution in [-0.4, -0.2) is 11.9 Å². The first-order chi connectivity index (χ1) is 8.24. The summed E-state index contributed by atoms with van der Waals surface area (Å²) >= 11 is 0. The van der Waals surface area contributed by atoms with E-state index in [1.165, 1.54) is 26.2 Å². The fraction of sp³-hybridized carbons (Fsp3) is 0.357. The molecule has 3 heteroatoms. The molecular formula is C14H18N2O. The van der Waals surface area contributed by atoms with E-state index in [0.717, 1.165) is 11.4 Å². The molecule has 0 aromatic heterocycles. The largest absolute Gasteiger partial charge is 0.379 e. The summed E-state index contributed by atoms with van der Waals surface area (Å²) in [5.74, 6) is -0.0408. The molecule has 1 aliphatic rings. The zero-order chi connectivity index (χ0) is 12.1. The summed E-state index contributed by atoms with van der Waals surface area (Å²) in [7, 11) is 0. The number of nitrogens with one attached hydrogen (secondary N) is 2. The Bertz CT molecular complexity index is 409. The number of anilines is 2. The lowest BCUT2D eigenvalue weighted by Gasteiger charge is -2.19. The Morgan fingerprint density at radius 2 is 1.94 bits per heavy atom. The minimum Gasteiger partial charge on any atom is -0.379 e. The second kappa shape index (κ2) is 5.53. The molecule has 0 heterocycles. The van der Waals surface area contributed by atoms with Crippen molar-refractivity contribution in [3.8, 4) is 0 Å². The van der Waals surface area contributed by atoms with Crippen LogP contribution in [0.15, 0.2) is 36.4 Å². The SMILES string of the molecule is CC(=O)Nc1ccc(NC2C=CCCC2)cc1. The van der Waals surface area contributed by atoms with Crippen molar-refractivity contribution < 1.29 is 4.79 Å². The van der Waals surface area contributed by atoms with Gasteiger partial charge in [-0.15, -0.1) is 0 Å². The van der Waals surface area contributed by atoms with Crippen molar-refractivity contribution in [1.82, 2.24) is 0 Å². The molecule has 2 rings (SSSR count). The highest BCUT2D eigenvalue weighted by molar-refractivity contribution is 5.88. The summed E-state index contributed by atoms with van der Waals surface area (Å²) in [6.45, 7) is 1.51. The predicted molar refractivity (Wildman–Crippen MR) is 71.1 cm³/mol. The van der Waals surface area contributed by atoms with Crippen LogP contribution in [-0.2, 0) is 4.79 Å². The van der Waals surface area contributed by atoms with E-state index in [2.05, 4.69) is 22.8 Å². The summed E-state index contributed by atoms with van der Waals surface area (Å²) in [6.07, 6.45) is 8.08. The fourth-order valence-corrected chi connectivity index (χ4v) is 2.00. The Morgan fingerprint density at radius 3 is 2.53 bits per heavy atom. The highest BCUT2D eigenvalue weighted by Crippen LogP contribution is 2.18. The van der Waals surface area contributed by atoms with E-state index in [-0.39, 0.29) is 5.91 Å². The number of amides is 1. The number of benzene rings is 1. The molecule has 1 amide bonds. The topological polar surface area (TPSA) is 41.1 Å². The maximum absolute atomic E-state index is 10.9. The smallest absolute Gasteiger partial charge is 0.221 e. The van der Waals surface area contributed by atoms with Gasteiger partial charge in [0, 0.05) is 24.3 Å².